The Morgan fingerprint density at radius 2 is 1.96 bits per heavy atom. The van der Waals surface area contributed by atoms with Gasteiger partial charge in [0, 0.05) is 50.5 Å². The van der Waals surface area contributed by atoms with E-state index in [9.17, 15) is 0 Å². The largest absolute Gasteiger partial charge is 0.477 e. The molecule has 0 spiro atoms. The van der Waals surface area contributed by atoms with Crippen LogP contribution in [-0.4, -0.2) is 54.7 Å². The predicted molar refractivity (Wildman–Crippen MR) is 105 cm³/mol. The number of hydrogen-bond acceptors (Lipinski definition) is 4. The second-order valence-electron chi connectivity index (χ2n) is 6.59. The molecule has 0 fully saturated rings. The van der Waals surface area contributed by atoms with E-state index in [4.69, 9.17) is 4.74 Å². The molecule has 1 aromatic heterocycles. The second-order valence-corrected chi connectivity index (χ2v) is 6.59. The lowest BCUT2D eigenvalue weighted by molar-refractivity contribution is 0.178. The molecular weight excluding hydrogens is 314 g/mol. The zero-order chi connectivity index (χ0) is 18.7. The van der Waals surface area contributed by atoms with Gasteiger partial charge in [0.15, 0.2) is 5.96 Å². The number of rotatable bonds is 10. The summed E-state index contributed by atoms with van der Waals surface area (Å²) >= 11 is 0. The molecule has 1 aromatic rings. The molecule has 0 radical (unpaired) electrons. The second kappa shape index (κ2) is 11.7. The van der Waals surface area contributed by atoms with Gasteiger partial charge in [-0.2, -0.15) is 0 Å². The third-order valence-corrected chi connectivity index (χ3v) is 3.95. The number of nitrogens with zero attached hydrogens (tertiary/aromatic N) is 3. The summed E-state index contributed by atoms with van der Waals surface area (Å²) in [6, 6.07) is 5.02. The molecule has 1 heterocycles. The van der Waals surface area contributed by atoms with Crippen molar-refractivity contribution in [1.29, 1.82) is 0 Å². The van der Waals surface area contributed by atoms with E-state index in [1.807, 2.05) is 12.1 Å². The van der Waals surface area contributed by atoms with Crippen LogP contribution >= 0.6 is 0 Å². The van der Waals surface area contributed by atoms with Gasteiger partial charge in [0.05, 0.1) is 6.61 Å². The summed E-state index contributed by atoms with van der Waals surface area (Å²) < 4.78 is 5.70. The Balaban J connectivity index is 2.50. The van der Waals surface area contributed by atoms with Crippen molar-refractivity contribution in [2.75, 3.05) is 26.7 Å². The Labute approximate surface area is 153 Å². The molecule has 0 unspecified atom stereocenters. The lowest BCUT2D eigenvalue weighted by Gasteiger charge is -2.30. The number of aromatic nitrogens is 1. The van der Waals surface area contributed by atoms with E-state index in [1.54, 1.807) is 13.2 Å². The smallest absolute Gasteiger partial charge is 0.218 e. The van der Waals surface area contributed by atoms with Crippen LogP contribution in [0.3, 0.4) is 0 Å². The van der Waals surface area contributed by atoms with Gasteiger partial charge in [0.25, 0.3) is 0 Å². The predicted octanol–water partition coefficient (Wildman–Crippen LogP) is 2.65. The first-order valence-electron chi connectivity index (χ1n) is 9.26. The minimum absolute atomic E-state index is 0.533. The maximum atomic E-state index is 5.70. The van der Waals surface area contributed by atoms with E-state index in [0.29, 0.717) is 31.1 Å². The Bertz CT molecular complexity index is 508. The highest BCUT2D eigenvalue weighted by Crippen LogP contribution is 2.14. The van der Waals surface area contributed by atoms with Crippen molar-refractivity contribution in [2.24, 2.45) is 4.99 Å². The van der Waals surface area contributed by atoms with Gasteiger partial charge in [-0.3, -0.25) is 9.89 Å². The fraction of sp³-hybridized carbons (Fsp3) is 0.684. The van der Waals surface area contributed by atoms with Gasteiger partial charge in [-0.1, -0.05) is 13.0 Å². The molecule has 0 aliphatic carbocycles. The SMILES string of the molecule is CCCOc1ncccc1CNC(=NC)NCCN(C(C)C)C(C)C. The number of ether oxygens (including phenoxy) is 1. The van der Waals surface area contributed by atoms with Crippen LogP contribution in [0.2, 0.25) is 0 Å². The van der Waals surface area contributed by atoms with Gasteiger partial charge >= 0.3 is 0 Å². The van der Waals surface area contributed by atoms with Crippen molar-refractivity contribution < 1.29 is 4.74 Å². The highest BCUT2D eigenvalue weighted by molar-refractivity contribution is 5.79. The van der Waals surface area contributed by atoms with E-state index in [2.05, 4.69) is 60.1 Å². The van der Waals surface area contributed by atoms with Gasteiger partial charge < -0.3 is 15.4 Å². The summed E-state index contributed by atoms with van der Waals surface area (Å²) in [5, 5.41) is 6.71. The molecule has 0 saturated carbocycles. The normalized spacial score (nSPS) is 12.1. The molecule has 0 atom stereocenters. The summed E-state index contributed by atoms with van der Waals surface area (Å²) in [6.45, 7) is 14.1. The maximum Gasteiger partial charge on any atom is 0.218 e. The first-order chi connectivity index (χ1) is 12.0. The van der Waals surface area contributed by atoms with Crippen LogP contribution in [0, 0.1) is 0 Å². The van der Waals surface area contributed by atoms with Crippen LogP contribution in [-0.2, 0) is 6.54 Å². The molecule has 1 rings (SSSR count). The number of hydrogen-bond donors (Lipinski definition) is 2. The van der Waals surface area contributed by atoms with E-state index in [0.717, 1.165) is 31.0 Å². The van der Waals surface area contributed by atoms with Gasteiger partial charge in [0.1, 0.15) is 0 Å². The standard InChI is InChI=1S/C19H35N5O/c1-7-13-25-18-17(9-8-10-21-18)14-23-19(20-6)22-11-12-24(15(2)3)16(4)5/h8-10,15-16H,7,11-14H2,1-6H3,(H2,20,22,23). The lowest BCUT2D eigenvalue weighted by Crippen LogP contribution is -2.45. The van der Waals surface area contributed by atoms with E-state index >= 15 is 0 Å². The fourth-order valence-electron chi connectivity index (χ4n) is 2.70. The van der Waals surface area contributed by atoms with Crippen molar-refractivity contribution in [2.45, 2.75) is 59.7 Å². The molecule has 0 aliphatic rings. The summed E-state index contributed by atoms with van der Waals surface area (Å²) in [5.41, 5.74) is 1.03. The van der Waals surface area contributed by atoms with E-state index in [-0.39, 0.29) is 0 Å². The molecular formula is C19H35N5O. The minimum Gasteiger partial charge on any atom is -0.477 e. The summed E-state index contributed by atoms with van der Waals surface area (Å²) in [4.78, 5) is 11.1. The van der Waals surface area contributed by atoms with Crippen molar-refractivity contribution in [3.05, 3.63) is 23.9 Å². The van der Waals surface area contributed by atoms with Gasteiger partial charge in [-0.05, 0) is 40.2 Å². The number of pyridine rings is 1. The molecule has 0 bridgehead atoms. The van der Waals surface area contributed by atoms with Crippen molar-refractivity contribution in [1.82, 2.24) is 20.5 Å². The third kappa shape index (κ3) is 7.73. The zero-order valence-corrected chi connectivity index (χ0v) is 16.7. The monoisotopic (exact) mass is 349 g/mol. The molecule has 0 aliphatic heterocycles. The lowest BCUT2D eigenvalue weighted by atomic mass is 10.2. The molecule has 0 saturated heterocycles. The molecule has 142 valence electrons. The maximum absolute atomic E-state index is 5.70. The summed E-state index contributed by atoms with van der Waals surface area (Å²) in [5.74, 6) is 1.48. The van der Waals surface area contributed by atoms with Gasteiger partial charge in [-0.25, -0.2) is 4.98 Å². The molecule has 0 aromatic carbocycles. The van der Waals surface area contributed by atoms with Crippen molar-refractivity contribution >= 4 is 5.96 Å². The summed E-state index contributed by atoms with van der Waals surface area (Å²) in [7, 11) is 1.79. The first-order valence-corrected chi connectivity index (χ1v) is 9.26. The molecule has 6 heteroatoms. The Kier molecular flexibility index (Phi) is 9.92. The van der Waals surface area contributed by atoms with Crippen LogP contribution in [0.4, 0.5) is 0 Å². The fourth-order valence-corrected chi connectivity index (χ4v) is 2.70. The topological polar surface area (TPSA) is 61.8 Å². The minimum atomic E-state index is 0.533. The number of aliphatic imine (C=N–C) groups is 1. The number of nitrogens with one attached hydrogen (secondary N) is 2. The third-order valence-electron chi connectivity index (χ3n) is 3.95. The average molecular weight is 350 g/mol. The average Bonchev–Trinajstić information content (AvgIpc) is 2.59. The van der Waals surface area contributed by atoms with Crippen LogP contribution in [0.1, 0.15) is 46.6 Å². The van der Waals surface area contributed by atoms with E-state index < -0.39 is 0 Å². The molecule has 25 heavy (non-hydrogen) atoms. The highest BCUT2D eigenvalue weighted by atomic mass is 16.5. The number of guanidine groups is 1. The van der Waals surface area contributed by atoms with Crippen LogP contribution < -0.4 is 15.4 Å². The van der Waals surface area contributed by atoms with Crippen LogP contribution in [0.25, 0.3) is 0 Å². The van der Waals surface area contributed by atoms with E-state index in [1.165, 1.54) is 0 Å². The summed E-state index contributed by atoms with van der Waals surface area (Å²) in [6.07, 6.45) is 2.73. The van der Waals surface area contributed by atoms with Crippen molar-refractivity contribution in [3.8, 4) is 5.88 Å². The quantitative estimate of drug-likeness (QED) is 0.502. The van der Waals surface area contributed by atoms with Crippen LogP contribution in [0.15, 0.2) is 23.3 Å². The van der Waals surface area contributed by atoms with Crippen LogP contribution in [0.5, 0.6) is 5.88 Å². The van der Waals surface area contributed by atoms with Crippen molar-refractivity contribution in [3.63, 3.8) is 0 Å². The Morgan fingerprint density at radius 3 is 2.56 bits per heavy atom. The van der Waals surface area contributed by atoms with Gasteiger partial charge in [0.2, 0.25) is 5.88 Å². The molecule has 2 N–H and O–H groups in total. The molecule has 0 amide bonds. The molecule has 6 nitrogen and oxygen atoms in total. The zero-order valence-electron chi connectivity index (χ0n) is 16.7. The first kappa shape index (κ1) is 21.2. The Hall–Kier alpha value is -1.82. The van der Waals surface area contributed by atoms with Gasteiger partial charge in [-0.15, -0.1) is 0 Å². The Morgan fingerprint density at radius 1 is 1.24 bits per heavy atom. The highest BCUT2D eigenvalue weighted by Gasteiger charge is 2.12.